The number of aromatic nitrogens is 2. The molecule has 2 atom stereocenters. The van der Waals surface area contributed by atoms with Gasteiger partial charge in [0.25, 0.3) is 0 Å². The number of amides is 2. The molecular formula is C20H31N5O2. The normalized spacial score (nSPS) is 28.7. The van der Waals surface area contributed by atoms with Crippen molar-refractivity contribution in [1.82, 2.24) is 24.9 Å². The van der Waals surface area contributed by atoms with Gasteiger partial charge in [-0.3, -0.25) is 19.2 Å². The third-order valence-corrected chi connectivity index (χ3v) is 6.57. The van der Waals surface area contributed by atoms with E-state index in [1.54, 1.807) is 6.92 Å². The van der Waals surface area contributed by atoms with Crippen LogP contribution >= 0.6 is 0 Å². The molecule has 3 aliphatic rings. The van der Waals surface area contributed by atoms with E-state index in [9.17, 15) is 9.59 Å². The highest BCUT2D eigenvalue weighted by molar-refractivity contribution is 5.84. The number of carbonyl (C=O) groups excluding carboxylic acids is 2. The Morgan fingerprint density at radius 1 is 1.33 bits per heavy atom. The number of fused-ring (bicyclic) bond motifs is 1. The van der Waals surface area contributed by atoms with Crippen LogP contribution in [-0.4, -0.2) is 64.1 Å². The summed E-state index contributed by atoms with van der Waals surface area (Å²) in [7, 11) is 1.93. The molecule has 0 unspecified atom stereocenters. The third-order valence-electron chi connectivity index (χ3n) is 6.57. The van der Waals surface area contributed by atoms with E-state index < -0.39 is 0 Å². The first-order chi connectivity index (χ1) is 13.0. The Morgan fingerprint density at radius 3 is 2.81 bits per heavy atom. The highest BCUT2D eigenvalue weighted by atomic mass is 16.2. The van der Waals surface area contributed by atoms with E-state index in [4.69, 9.17) is 0 Å². The van der Waals surface area contributed by atoms with Crippen LogP contribution in [0.2, 0.25) is 0 Å². The monoisotopic (exact) mass is 373 g/mol. The van der Waals surface area contributed by atoms with Crippen molar-refractivity contribution in [1.29, 1.82) is 0 Å². The van der Waals surface area contributed by atoms with Crippen molar-refractivity contribution in [3.63, 3.8) is 0 Å². The maximum absolute atomic E-state index is 13.3. The molecule has 3 fully saturated rings. The Kier molecular flexibility index (Phi) is 4.97. The summed E-state index contributed by atoms with van der Waals surface area (Å²) in [6.45, 7) is 6.35. The van der Waals surface area contributed by atoms with Crippen LogP contribution in [-0.2, 0) is 23.2 Å². The van der Waals surface area contributed by atoms with E-state index in [1.807, 2.05) is 29.0 Å². The molecule has 148 valence electrons. The van der Waals surface area contributed by atoms with E-state index in [0.717, 1.165) is 45.6 Å². The fraction of sp³-hybridized carbons (Fsp3) is 0.750. The third kappa shape index (κ3) is 3.88. The molecule has 0 bridgehead atoms. The molecule has 2 aliphatic heterocycles. The minimum absolute atomic E-state index is 0.120. The molecule has 0 aromatic carbocycles. The molecule has 27 heavy (non-hydrogen) atoms. The summed E-state index contributed by atoms with van der Waals surface area (Å²) in [4.78, 5) is 29.6. The summed E-state index contributed by atoms with van der Waals surface area (Å²) in [6, 6.07) is 0. The van der Waals surface area contributed by atoms with Crippen molar-refractivity contribution in [3.05, 3.63) is 18.0 Å². The van der Waals surface area contributed by atoms with Gasteiger partial charge in [0, 0.05) is 70.9 Å². The van der Waals surface area contributed by atoms with Crippen LogP contribution in [0.1, 0.15) is 38.2 Å². The standard InChI is InChI=1S/C20H31N5O2/c1-15(26)25-7-3-6-20(19(27)21-8-16-4-5-16)14-24(12-18(20)13-25)11-17-9-22-23(2)10-17/h9-10,16,18H,3-8,11-14H2,1-2H3,(H,21,27)/t18-,20+/m0/s1. The van der Waals surface area contributed by atoms with Crippen LogP contribution in [0, 0.1) is 17.3 Å². The Bertz CT molecular complexity index is 713. The molecule has 7 nitrogen and oxygen atoms in total. The van der Waals surface area contributed by atoms with Crippen molar-refractivity contribution < 1.29 is 9.59 Å². The van der Waals surface area contributed by atoms with Gasteiger partial charge in [-0.2, -0.15) is 5.10 Å². The molecule has 1 aromatic rings. The number of likely N-dealkylation sites (tertiary alicyclic amines) is 2. The van der Waals surface area contributed by atoms with Crippen LogP contribution < -0.4 is 5.32 Å². The molecule has 1 N–H and O–H groups in total. The Balaban J connectivity index is 1.52. The average molecular weight is 374 g/mol. The average Bonchev–Trinajstić information content (AvgIpc) is 3.32. The van der Waals surface area contributed by atoms with Gasteiger partial charge in [-0.15, -0.1) is 0 Å². The largest absolute Gasteiger partial charge is 0.355 e. The molecule has 1 saturated carbocycles. The van der Waals surface area contributed by atoms with Crippen LogP contribution in [0.3, 0.4) is 0 Å². The maximum Gasteiger partial charge on any atom is 0.227 e. The topological polar surface area (TPSA) is 70.5 Å². The Hall–Kier alpha value is -1.89. The van der Waals surface area contributed by atoms with Crippen LogP contribution in [0.4, 0.5) is 0 Å². The lowest BCUT2D eigenvalue weighted by atomic mass is 9.74. The van der Waals surface area contributed by atoms with Gasteiger partial charge in [0.05, 0.1) is 11.6 Å². The Labute approximate surface area is 161 Å². The fourth-order valence-corrected chi connectivity index (χ4v) is 4.86. The SMILES string of the molecule is CC(=O)N1CCC[C@@]2(C(=O)NCC3CC3)CN(Cc3cnn(C)c3)C[C@H]2C1. The zero-order valence-corrected chi connectivity index (χ0v) is 16.5. The molecule has 0 radical (unpaired) electrons. The molecule has 1 aliphatic carbocycles. The fourth-order valence-electron chi connectivity index (χ4n) is 4.86. The minimum Gasteiger partial charge on any atom is -0.355 e. The van der Waals surface area contributed by atoms with Gasteiger partial charge in [0.2, 0.25) is 11.8 Å². The first-order valence-electron chi connectivity index (χ1n) is 10.2. The zero-order valence-electron chi connectivity index (χ0n) is 16.5. The molecule has 0 spiro atoms. The van der Waals surface area contributed by atoms with Gasteiger partial charge in [-0.05, 0) is 31.6 Å². The second-order valence-electron chi connectivity index (χ2n) is 8.77. The highest BCUT2D eigenvalue weighted by Gasteiger charge is 2.53. The van der Waals surface area contributed by atoms with Crippen molar-refractivity contribution in [2.45, 2.75) is 39.2 Å². The molecule has 4 rings (SSSR count). The van der Waals surface area contributed by atoms with Crippen LogP contribution in [0.5, 0.6) is 0 Å². The second-order valence-corrected chi connectivity index (χ2v) is 8.77. The number of aryl methyl sites for hydroxylation is 1. The van der Waals surface area contributed by atoms with Crippen molar-refractivity contribution >= 4 is 11.8 Å². The molecule has 2 saturated heterocycles. The van der Waals surface area contributed by atoms with Gasteiger partial charge in [0.1, 0.15) is 0 Å². The number of hydrogen-bond donors (Lipinski definition) is 1. The van der Waals surface area contributed by atoms with E-state index in [1.165, 1.54) is 18.4 Å². The maximum atomic E-state index is 13.3. The lowest BCUT2D eigenvalue weighted by molar-refractivity contribution is -0.134. The molecule has 2 amide bonds. The predicted octanol–water partition coefficient (Wildman–Crippen LogP) is 1.01. The first-order valence-corrected chi connectivity index (χ1v) is 10.2. The van der Waals surface area contributed by atoms with E-state index in [-0.39, 0.29) is 23.1 Å². The van der Waals surface area contributed by atoms with E-state index >= 15 is 0 Å². The predicted molar refractivity (Wildman–Crippen MR) is 102 cm³/mol. The molecule has 7 heteroatoms. The van der Waals surface area contributed by atoms with Crippen molar-refractivity contribution in [2.75, 3.05) is 32.7 Å². The van der Waals surface area contributed by atoms with E-state index in [2.05, 4.69) is 15.3 Å². The number of nitrogens with zero attached hydrogens (tertiary/aromatic N) is 4. The van der Waals surface area contributed by atoms with Gasteiger partial charge in [0.15, 0.2) is 0 Å². The van der Waals surface area contributed by atoms with E-state index in [0.29, 0.717) is 12.5 Å². The summed E-state index contributed by atoms with van der Waals surface area (Å²) < 4.78 is 1.82. The minimum atomic E-state index is -0.374. The van der Waals surface area contributed by atoms with Crippen LogP contribution in [0.15, 0.2) is 12.4 Å². The number of nitrogens with one attached hydrogen (secondary N) is 1. The highest BCUT2D eigenvalue weighted by Crippen LogP contribution is 2.43. The molecule has 1 aromatic heterocycles. The van der Waals surface area contributed by atoms with Gasteiger partial charge in [-0.1, -0.05) is 0 Å². The lowest BCUT2D eigenvalue weighted by Gasteiger charge is -2.32. The van der Waals surface area contributed by atoms with Gasteiger partial charge < -0.3 is 10.2 Å². The van der Waals surface area contributed by atoms with Crippen LogP contribution in [0.25, 0.3) is 0 Å². The number of hydrogen-bond acceptors (Lipinski definition) is 4. The number of carbonyl (C=O) groups is 2. The number of rotatable bonds is 5. The summed E-state index contributed by atoms with van der Waals surface area (Å²) in [5.41, 5.74) is 0.798. The summed E-state index contributed by atoms with van der Waals surface area (Å²) in [5.74, 6) is 1.20. The lowest BCUT2D eigenvalue weighted by Crippen LogP contribution is -2.48. The van der Waals surface area contributed by atoms with Gasteiger partial charge >= 0.3 is 0 Å². The van der Waals surface area contributed by atoms with Crippen molar-refractivity contribution in [2.24, 2.45) is 24.3 Å². The summed E-state index contributed by atoms with van der Waals surface area (Å²) >= 11 is 0. The molecule has 3 heterocycles. The summed E-state index contributed by atoms with van der Waals surface area (Å²) in [6.07, 6.45) is 8.17. The quantitative estimate of drug-likeness (QED) is 0.836. The van der Waals surface area contributed by atoms with Gasteiger partial charge in [-0.25, -0.2) is 0 Å². The Morgan fingerprint density at radius 2 is 2.15 bits per heavy atom. The van der Waals surface area contributed by atoms with Crippen molar-refractivity contribution in [3.8, 4) is 0 Å². The smallest absolute Gasteiger partial charge is 0.227 e. The summed E-state index contributed by atoms with van der Waals surface area (Å²) in [5, 5.41) is 7.52. The molecular weight excluding hydrogens is 342 g/mol. The first kappa shape index (κ1) is 18.5. The zero-order chi connectivity index (χ0) is 19.0. The second kappa shape index (κ2) is 7.26.